The molecule has 0 fully saturated rings. The van der Waals surface area contributed by atoms with Gasteiger partial charge in [-0.2, -0.15) is 0 Å². The van der Waals surface area contributed by atoms with Gasteiger partial charge in [0.25, 0.3) is 0 Å². The highest BCUT2D eigenvalue weighted by Gasteiger charge is 2.01. The van der Waals surface area contributed by atoms with Crippen molar-refractivity contribution < 1.29 is 0 Å². The normalized spacial score (nSPS) is 10.6. The molecule has 0 bridgehead atoms. The molecule has 1 aromatic heterocycles. The third kappa shape index (κ3) is 3.49. The molecule has 1 aromatic rings. The average molecular weight is 197 g/mol. The fraction of sp³-hybridized carbons (Fsp3) is 0.636. The summed E-state index contributed by atoms with van der Waals surface area (Å²) in [5, 5.41) is 5.41. The Hall–Kier alpha value is -0.340. The molecule has 0 aliphatic rings. The van der Waals surface area contributed by atoms with E-state index in [4.69, 9.17) is 0 Å². The van der Waals surface area contributed by atoms with Crippen LogP contribution in [0.4, 0.5) is 0 Å². The van der Waals surface area contributed by atoms with Crippen molar-refractivity contribution in [3.8, 4) is 0 Å². The second-order valence-electron chi connectivity index (χ2n) is 3.36. The van der Waals surface area contributed by atoms with Gasteiger partial charge in [0, 0.05) is 11.4 Å². The highest BCUT2D eigenvalue weighted by molar-refractivity contribution is 7.10. The fourth-order valence-electron chi connectivity index (χ4n) is 1.47. The van der Waals surface area contributed by atoms with E-state index in [9.17, 15) is 0 Å². The predicted octanol–water partition coefficient (Wildman–Crippen LogP) is 3.20. The van der Waals surface area contributed by atoms with E-state index in [0.29, 0.717) is 0 Å². The van der Waals surface area contributed by atoms with E-state index in [2.05, 4.69) is 23.7 Å². The van der Waals surface area contributed by atoms with Gasteiger partial charge in [0.05, 0.1) is 0 Å². The van der Waals surface area contributed by atoms with Crippen LogP contribution in [-0.2, 0) is 13.0 Å². The Bertz CT molecular complexity index is 230. The van der Waals surface area contributed by atoms with Crippen LogP contribution >= 0.6 is 11.3 Å². The van der Waals surface area contributed by atoms with Gasteiger partial charge in [0.2, 0.25) is 0 Å². The van der Waals surface area contributed by atoms with E-state index in [1.54, 1.807) is 5.56 Å². The molecule has 0 aliphatic carbocycles. The molecule has 0 saturated carbocycles. The zero-order valence-corrected chi connectivity index (χ0v) is 9.41. The number of unbranched alkanes of at least 4 members (excludes halogenated alkanes) is 2. The van der Waals surface area contributed by atoms with E-state index < -0.39 is 0 Å². The maximum absolute atomic E-state index is 3.21. The zero-order chi connectivity index (χ0) is 9.52. The average Bonchev–Trinajstić information content (AvgIpc) is 2.54. The maximum atomic E-state index is 3.21. The standard InChI is InChI=1S/C11H19NS/c1-3-4-5-6-10-7-8-13-11(10)9-12-2/h7-8,12H,3-6,9H2,1-2H3. The SMILES string of the molecule is CCCCCc1ccsc1CNC. The third-order valence-corrected chi connectivity index (χ3v) is 3.19. The number of nitrogens with one attached hydrogen (secondary N) is 1. The molecule has 1 nitrogen and oxygen atoms in total. The summed E-state index contributed by atoms with van der Waals surface area (Å²) in [6, 6.07) is 2.27. The molecule has 13 heavy (non-hydrogen) atoms. The first-order valence-corrected chi connectivity index (χ1v) is 5.96. The lowest BCUT2D eigenvalue weighted by Gasteiger charge is -2.02. The maximum Gasteiger partial charge on any atom is 0.0299 e. The molecule has 0 unspecified atom stereocenters. The van der Waals surface area contributed by atoms with Crippen molar-refractivity contribution in [2.45, 2.75) is 39.2 Å². The van der Waals surface area contributed by atoms with E-state index in [1.165, 1.54) is 30.6 Å². The summed E-state index contributed by atoms with van der Waals surface area (Å²) in [7, 11) is 2.01. The lowest BCUT2D eigenvalue weighted by Crippen LogP contribution is -2.05. The number of aryl methyl sites for hydroxylation is 1. The molecular weight excluding hydrogens is 178 g/mol. The van der Waals surface area contributed by atoms with Crippen molar-refractivity contribution >= 4 is 11.3 Å². The molecular formula is C11H19NS. The van der Waals surface area contributed by atoms with Gasteiger partial charge in [-0.15, -0.1) is 11.3 Å². The Morgan fingerprint density at radius 1 is 1.38 bits per heavy atom. The molecule has 1 N–H and O–H groups in total. The van der Waals surface area contributed by atoms with Crippen LogP contribution in [0.15, 0.2) is 11.4 Å². The highest BCUT2D eigenvalue weighted by atomic mass is 32.1. The summed E-state index contributed by atoms with van der Waals surface area (Å²) < 4.78 is 0. The Balaban J connectivity index is 2.40. The summed E-state index contributed by atoms with van der Waals surface area (Å²) in [5.41, 5.74) is 1.55. The third-order valence-electron chi connectivity index (χ3n) is 2.22. The second-order valence-corrected chi connectivity index (χ2v) is 4.36. The highest BCUT2D eigenvalue weighted by Crippen LogP contribution is 2.18. The Morgan fingerprint density at radius 3 is 2.92 bits per heavy atom. The number of thiophene rings is 1. The number of rotatable bonds is 6. The quantitative estimate of drug-likeness (QED) is 0.691. The molecule has 74 valence electrons. The first kappa shape index (κ1) is 10.7. The molecule has 0 saturated heterocycles. The van der Waals surface area contributed by atoms with Crippen LogP contribution in [0.1, 0.15) is 36.6 Å². The van der Waals surface area contributed by atoms with Gasteiger partial charge in [-0.05, 0) is 36.9 Å². The van der Waals surface area contributed by atoms with Gasteiger partial charge in [0.15, 0.2) is 0 Å². The van der Waals surface area contributed by atoms with Crippen LogP contribution in [0.25, 0.3) is 0 Å². The van der Waals surface area contributed by atoms with Gasteiger partial charge in [0.1, 0.15) is 0 Å². The van der Waals surface area contributed by atoms with Gasteiger partial charge in [-0.3, -0.25) is 0 Å². The first-order valence-electron chi connectivity index (χ1n) is 5.08. The summed E-state index contributed by atoms with van der Waals surface area (Å²) in [4.78, 5) is 1.51. The van der Waals surface area contributed by atoms with Gasteiger partial charge >= 0.3 is 0 Å². The predicted molar refractivity (Wildman–Crippen MR) is 60.3 cm³/mol. The van der Waals surface area contributed by atoms with E-state index >= 15 is 0 Å². The molecule has 0 aromatic carbocycles. The molecule has 0 radical (unpaired) electrons. The topological polar surface area (TPSA) is 12.0 Å². The van der Waals surface area contributed by atoms with E-state index in [-0.39, 0.29) is 0 Å². The summed E-state index contributed by atoms with van der Waals surface area (Å²) in [6.45, 7) is 3.28. The molecule has 2 heteroatoms. The summed E-state index contributed by atoms with van der Waals surface area (Å²) in [6.07, 6.45) is 5.26. The van der Waals surface area contributed by atoms with Crippen molar-refractivity contribution in [1.29, 1.82) is 0 Å². The minimum absolute atomic E-state index is 1.03. The Labute approximate surface area is 85.2 Å². The largest absolute Gasteiger partial charge is 0.315 e. The fourth-order valence-corrected chi connectivity index (χ4v) is 2.42. The van der Waals surface area contributed by atoms with Crippen LogP contribution in [0.3, 0.4) is 0 Å². The molecule has 0 atom stereocenters. The first-order chi connectivity index (χ1) is 6.38. The van der Waals surface area contributed by atoms with Crippen LogP contribution in [0, 0.1) is 0 Å². The minimum Gasteiger partial charge on any atom is -0.315 e. The smallest absolute Gasteiger partial charge is 0.0299 e. The molecule has 0 aliphatic heterocycles. The molecule has 1 heterocycles. The van der Waals surface area contributed by atoms with Crippen LogP contribution in [-0.4, -0.2) is 7.05 Å². The Morgan fingerprint density at radius 2 is 2.23 bits per heavy atom. The van der Waals surface area contributed by atoms with E-state index in [0.717, 1.165) is 6.54 Å². The van der Waals surface area contributed by atoms with Crippen molar-refractivity contribution in [1.82, 2.24) is 5.32 Å². The molecule has 1 rings (SSSR count). The van der Waals surface area contributed by atoms with Gasteiger partial charge < -0.3 is 5.32 Å². The Kier molecular flexibility index (Phi) is 5.09. The van der Waals surface area contributed by atoms with Crippen molar-refractivity contribution in [2.75, 3.05) is 7.05 Å². The second kappa shape index (κ2) is 6.17. The van der Waals surface area contributed by atoms with Crippen LogP contribution in [0.5, 0.6) is 0 Å². The minimum atomic E-state index is 1.03. The lowest BCUT2D eigenvalue weighted by molar-refractivity contribution is 0.711. The summed E-state index contributed by atoms with van der Waals surface area (Å²) in [5.74, 6) is 0. The zero-order valence-electron chi connectivity index (χ0n) is 8.60. The monoisotopic (exact) mass is 197 g/mol. The molecule has 0 amide bonds. The summed E-state index contributed by atoms with van der Waals surface area (Å²) >= 11 is 1.87. The number of hydrogen-bond acceptors (Lipinski definition) is 2. The lowest BCUT2D eigenvalue weighted by atomic mass is 10.1. The molecule has 0 spiro atoms. The van der Waals surface area contributed by atoms with Gasteiger partial charge in [-0.25, -0.2) is 0 Å². The van der Waals surface area contributed by atoms with Crippen molar-refractivity contribution in [3.05, 3.63) is 21.9 Å². The van der Waals surface area contributed by atoms with Crippen LogP contribution in [0.2, 0.25) is 0 Å². The number of hydrogen-bond donors (Lipinski definition) is 1. The van der Waals surface area contributed by atoms with Crippen LogP contribution < -0.4 is 5.32 Å². The van der Waals surface area contributed by atoms with Crippen molar-refractivity contribution in [3.63, 3.8) is 0 Å². The van der Waals surface area contributed by atoms with Gasteiger partial charge in [-0.1, -0.05) is 19.8 Å². The van der Waals surface area contributed by atoms with E-state index in [1.807, 2.05) is 18.4 Å². The van der Waals surface area contributed by atoms with Crippen molar-refractivity contribution in [2.24, 2.45) is 0 Å².